The normalized spacial score (nSPS) is 23.6. The maximum atomic E-state index is 5.48. The maximum Gasteiger partial charge on any atom is 0.0971 e. The molecule has 0 amide bonds. The first-order valence-electron chi connectivity index (χ1n) is 7.33. The first kappa shape index (κ1) is 15.9. The second-order valence-electron chi connectivity index (χ2n) is 5.29. The smallest absolute Gasteiger partial charge is 0.0971 e. The van der Waals surface area contributed by atoms with Gasteiger partial charge in [-0.1, -0.05) is 6.92 Å². The summed E-state index contributed by atoms with van der Waals surface area (Å²) in [5, 5.41) is 3.45. The van der Waals surface area contributed by atoms with Crippen LogP contribution in [0.2, 0.25) is 0 Å². The summed E-state index contributed by atoms with van der Waals surface area (Å²) >= 11 is 1.90. The largest absolute Gasteiger partial charge is 0.377 e. The van der Waals surface area contributed by atoms with Crippen molar-refractivity contribution >= 4 is 11.3 Å². The summed E-state index contributed by atoms with van der Waals surface area (Å²) < 4.78 is 11.0. The van der Waals surface area contributed by atoms with Gasteiger partial charge in [0.2, 0.25) is 0 Å². The van der Waals surface area contributed by atoms with Crippen LogP contribution >= 0.6 is 11.3 Å². The average Bonchev–Trinajstić information content (AvgIpc) is 3.06. The van der Waals surface area contributed by atoms with Crippen LogP contribution in [0, 0.1) is 0 Å². The molecule has 20 heavy (non-hydrogen) atoms. The number of hydrogen-bond donors (Lipinski definition) is 1. The van der Waals surface area contributed by atoms with Gasteiger partial charge in [0.25, 0.3) is 0 Å². The number of methoxy groups -OCH3 is 2. The SMILES string of the molecule is CCCNCc1ccc(CN2CC(OC)C(OC)C2)s1. The summed E-state index contributed by atoms with van der Waals surface area (Å²) in [6.07, 6.45) is 1.58. The lowest BCUT2D eigenvalue weighted by Crippen LogP contribution is -2.27. The fourth-order valence-corrected chi connectivity index (χ4v) is 3.64. The molecule has 1 aliphatic rings. The van der Waals surface area contributed by atoms with Crippen LogP contribution in [0.15, 0.2) is 12.1 Å². The molecule has 1 fully saturated rings. The summed E-state index contributed by atoms with van der Waals surface area (Å²) in [6.45, 7) is 7.17. The highest BCUT2D eigenvalue weighted by atomic mass is 32.1. The molecular weight excluding hydrogens is 272 g/mol. The van der Waals surface area contributed by atoms with E-state index in [-0.39, 0.29) is 12.2 Å². The fraction of sp³-hybridized carbons (Fsp3) is 0.733. The molecule has 0 bridgehead atoms. The molecule has 1 N–H and O–H groups in total. The van der Waals surface area contributed by atoms with Crippen LogP contribution in [0.3, 0.4) is 0 Å². The van der Waals surface area contributed by atoms with Crippen molar-refractivity contribution in [3.63, 3.8) is 0 Å². The molecule has 0 radical (unpaired) electrons. The van der Waals surface area contributed by atoms with Gasteiger partial charge < -0.3 is 14.8 Å². The van der Waals surface area contributed by atoms with Crippen LogP contribution in [-0.4, -0.2) is 51.0 Å². The number of ether oxygens (including phenoxy) is 2. The third-order valence-electron chi connectivity index (χ3n) is 3.72. The van der Waals surface area contributed by atoms with Crippen LogP contribution in [0.5, 0.6) is 0 Å². The number of thiophene rings is 1. The number of nitrogens with one attached hydrogen (secondary N) is 1. The fourth-order valence-electron chi connectivity index (χ4n) is 2.61. The second kappa shape index (κ2) is 8.10. The molecule has 114 valence electrons. The van der Waals surface area contributed by atoms with Gasteiger partial charge >= 0.3 is 0 Å². The van der Waals surface area contributed by atoms with Crippen molar-refractivity contribution in [2.75, 3.05) is 33.9 Å². The van der Waals surface area contributed by atoms with E-state index in [0.29, 0.717) is 0 Å². The van der Waals surface area contributed by atoms with Gasteiger partial charge in [-0.25, -0.2) is 0 Å². The minimum absolute atomic E-state index is 0.200. The van der Waals surface area contributed by atoms with Crippen LogP contribution < -0.4 is 5.32 Å². The summed E-state index contributed by atoms with van der Waals surface area (Å²) in [7, 11) is 3.53. The topological polar surface area (TPSA) is 33.7 Å². The van der Waals surface area contributed by atoms with E-state index < -0.39 is 0 Å². The number of rotatable bonds is 8. The lowest BCUT2D eigenvalue weighted by atomic mass is 10.3. The van der Waals surface area contributed by atoms with Gasteiger partial charge in [0.15, 0.2) is 0 Å². The Morgan fingerprint density at radius 3 is 2.45 bits per heavy atom. The van der Waals surface area contributed by atoms with Gasteiger partial charge in [-0.05, 0) is 25.1 Å². The lowest BCUT2D eigenvalue weighted by molar-refractivity contribution is -0.00461. The Morgan fingerprint density at radius 2 is 1.85 bits per heavy atom. The Morgan fingerprint density at radius 1 is 1.20 bits per heavy atom. The highest BCUT2D eigenvalue weighted by molar-refractivity contribution is 7.11. The molecule has 1 aliphatic heterocycles. The molecule has 1 saturated heterocycles. The molecule has 5 heteroatoms. The van der Waals surface area contributed by atoms with E-state index >= 15 is 0 Å². The molecule has 0 aliphatic carbocycles. The zero-order chi connectivity index (χ0) is 14.4. The van der Waals surface area contributed by atoms with E-state index in [0.717, 1.165) is 32.7 Å². The van der Waals surface area contributed by atoms with Crippen molar-refractivity contribution < 1.29 is 9.47 Å². The third-order valence-corrected chi connectivity index (χ3v) is 4.79. The molecule has 0 aromatic carbocycles. The highest BCUT2D eigenvalue weighted by Gasteiger charge is 2.32. The molecule has 2 rings (SSSR count). The van der Waals surface area contributed by atoms with Crippen molar-refractivity contribution in [1.29, 1.82) is 0 Å². The minimum Gasteiger partial charge on any atom is -0.377 e. The molecule has 0 spiro atoms. The standard InChI is InChI=1S/C15H26N2O2S/c1-4-7-16-8-12-5-6-13(20-12)9-17-10-14(18-2)15(11-17)19-3/h5-6,14-16H,4,7-11H2,1-3H3. The van der Waals surface area contributed by atoms with E-state index in [1.165, 1.54) is 16.2 Å². The molecule has 1 aromatic heterocycles. The molecule has 2 unspecified atom stereocenters. The average molecular weight is 298 g/mol. The Kier molecular flexibility index (Phi) is 6.45. The van der Waals surface area contributed by atoms with Gasteiger partial charge in [0, 0.05) is 50.2 Å². The number of likely N-dealkylation sites (tertiary alicyclic amines) is 1. The van der Waals surface area contributed by atoms with E-state index in [1.54, 1.807) is 14.2 Å². The summed E-state index contributed by atoms with van der Waals surface area (Å²) in [6, 6.07) is 4.48. The zero-order valence-electron chi connectivity index (χ0n) is 12.7. The molecule has 2 heterocycles. The van der Waals surface area contributed by atoms with Crippen LogP contribution in [0.25, 0.3) is 0 Å². The quantitative estimate of drug-likeness (QED) is 0.745. The van der Waals surface area contributed by atoms with Gasteiger partial charge in [-0.2, -0.15) is 0 Å². The number of nitrogens with zero attached hydrogens (tertiary/aromatic N) is 1. The van der Waals surface area contributed by atoms with Crippen LogP contribution in [0.1, 0.15) is 23.1 Å². The van der Waals surface area contributed by atoms with Crippen LogP contribution in [0.4, 0.5) is 0 Å². The zero-order valence-corrected chi connectivity index (χ0v) is 13.5. The first-order valence-corrected chi connectivity index (χ1v) is 8.14. The first-order chi connectivity index (χ1) is 9.76. The Bertz CT molecular complexity index is 385. The van der Waals surface area contributed by atoms with Gasteiger partial charge in [0.05, 0.1) is 12.2 Å². The van der Waals surface area contributed by atoms with Crippen molar-refractivity contribution in [1.82, 2.24) is 10.2 Å². The van der Waals surface area contributed by atoms with E-state index in [9.17, 15) is 0 Å². The molecule has 4 nitrogen and oxygen atoms in total. The maximum absolute atomic E-state index is 5.48. The molecule has 0 saturated carbocycles. The molecular formula is C15H26N2O2S. The minimum atomic E-state index is 0.200. The molecule has 2 atom stereocenters. The van der Waals surface area contributed by atoms with E-state index in [1.807, 2.05) is 11.3 Å². The lowest BCUT2D eigenvalue weighted by Gasteiger charge is -2.13. The monoisotopic (exact) mass is 298 g/mol. The summed E-state index contributed by atoms with van der Waals surface area (Å²) in [5.41, 5.74) is 0. The van der Waals surface area contributed by atoms with Gasteiger partial charge in [0.1, 0.15) is 0 Å². The van der Waals surface area contributed by atoms with Crippen molar-refractivity contribution in [3.05, 3.63) is 21.9 Å². The summed E-state index contributed by atoms with van der Waals surface area (Å²) in [5.74, 6) is 0. The third kappa shape index (κ3) is 4.27. The van der Waals surface area contributed by atoms with Crippen molar-refractivity contribution in [3.8, 4) is 0 Å². The van der Waals surface area contributed by atoms with E-state index in [4.69, 9.17) is 9.47 Å². The van der Waals surface area contributed by atoms with Gasteiger partial charge in [-0.15, -0.1) is 11.3 Å². The highest BCUT2D eigenvalue weighted by Crippen LogP contribution is 2.22. The predicted molar refractivity (Wildman–Crippen MR) is 83.2 cm³/mol. The van der Waals surface area contributed by atoms with E-state index in [2.05, 4.69) is 29.3 Å². The summed E-state index contributed by atoms with van der Waals surface area (Å²) in [4.78, 5) is 5.25. The Balaban J connectivity index is 1.82. The molecule has 1 aromatic rings. The Labute approximate surface area is 126 Å². The Hall–Kier alpha value is -0.460. The van der Waals surface area contributed by atoms with Gasteiger partial charge in [-0.3, -0.25) is 4.90 Å². The number of hydrogen-bond acceptors (Lipinski definition) is 5. The van der Waals surface area contributed by atoms with Crippen molar-refractivity contribution in [2.45, 2.75) is 38.6 Å². The van der Waals surface area contributed by atoms with Crippen molar-refractivity contribution in [2.24, 2.45) is 0 Å². The second-order valence-corrected chi connectivity index (χ2v) is 6.54. The predicted octanol–water partition coefficient (Wildman–Crippen LogP) is 2.09. The van der Waals surface area contributed by atoms with Crippen LogP contribution in [-0.2, 0) is 22.6 Å².